The molecule has 0 fully saturated rings. The fourth-order valence-electron chi connectivity index (χ4n) is 2.97. The van der Waals surface area contributed by atoms with E-state index in [1.807, 2.05) is 50.2 Å². The Morgan fingerprint density at radius 1 is 1.08 bits per heavy atom. The van der Waals surface area contributed by atoms with Gasteiger partial charge in [0.15, 0.2) is 0 Å². The van der Waals surface area contributed by atoms with Crippen molar-refractivity contribution in [2.45, 2.75) is 26.2 Å². The van der Waals surface area contributed by atoms with E-state index in [9.17, 15) is 0 Å². The summed E-state index contributed by atoms with van der Waals surface area (Å²) < 4.78 is 11.4. The fraction of sp³-hybridized carbons (Fsp3) is 0.350. The number of imidazole rings is 1. The Kier molecular flexibility index (Phi) is 5.56. The summed E-state index contributed by atoms with van der Waals surface area (Å²) in [5.41, 5.74) is 9.16. The molecule has 5 nitrogen and oxygen atoms in total. The summed E-state index contributed by atoms with van der Waals surface area (Å²) >= 11 is 0. The number of fused-ring (bicyclic) bond motifs is 1. The summed E-state index contributed by atoms with van der Waals surface area (Å²) in [6.45, 7) is 5.71. The van der Waals surface area contributed by atoms with Crippen LogP contribution in [0.15, 0.2) is 42.5 Å². The predicted molar refractivity (Wildman–Crippen MR) is 100 cm³/mol. The Balaban J connectivity index is 1.87. The topological polar surface area (TPSA) is 73.2 Å². The first-order valence-electron chi connectivity index (χ1n) is 8.78. The standard InChI is InChI=1S/C20H25N3O2/c1-3-24-16-10-9-14(19(12-16)25-4-2)11-15(13-21)20-22-17-7-5-6-8-18(17)23-20/h5-10,12,15H,3-4,11,13,21H2,1-2H3,(H,22,23). The summed E-state index contributed by atoms with van der Waals surface area (Å²) in [4.78, 5) is 8.09. The first kappa shape index (κ1) is 17.3. The van der Waals surface area contributed by atoms with Gasteiger partial charge in [0, 0.05) is 18.5 Å². The molecule has 5 heteroatoms. The molecular formula is C20H25N3O2. The molecule has 25 heavy (non-hydrogen) atoms. The van der Waals surface area contributed by atoms with E-state index < -0.39 is 0 Å². The third kappa shape index (κ3) is 3.94. The quantitative estimate of drug-likeness (QED) is 0.657. The molecule has 1 heterocycles. The van der Waals surface area contributed by atoms with E-state index in [2.05, 4.69) is 11.1 Å². The number of benzene rings is 2. The van der Waals surface area contributed by atoms with Gasteiger partial charge in [-0.25, -0.2) is 4.98 Å². The van der Waals surface area contributed by atoms with Crippen molar-refractivity contribution in [1.82, 2.24) is 9.97 Å². The molecule has 1 unspecified atom stereocenters. The second-order valence-corrected chi connectivity index (χ2v) is 5.91. The molecule has 0 aliphatic rings. The zero-order valence-electron chi connectivity index (χ0n) is 14.8. The molecule has 0 aliphatic heterocycles. The van der Waals surface area contributed by atoms with Crippen LogP contribution in [0.1, 0.15) is 31.2 Å². The van der Waals surface area contributed by atoms with Crippen LogP contribution in [0.4, 0.5) is 0 Å². The molecule has 2 aromatic carbocycles. The molecule has 0 saturated carbocycles. The van der Waals surface area contributed by atoms with E-state index in [1.54, 1.807) is 0 Å². The number of hydrogen-bond acceptors (Lipinski definition) is 4. The maximum Gasteiger partial charge on any atom is 0.126 e. The normalized spacial score (nSPS) is 12.3. The van der Waals surface area contributed by atoms with E-state index in [0.29, 0.717) is 19.8 Å². The number of ether oxygens (including phenoxy) is 2. The maximum absolute atomic E-state index is 6.05. The zero-order valence-corrected chi connectivity index (χ0v) is 14.8. The van der Waals surface area contributed by atoms with E-state index >= 15 is 0 Å². The molecule has 3 aromatic rings. The number of nitrogens with one attached hydrogen (secondary N) is 1. The van der Waals surface area contributed by atoms with Gasteiger partial charge in [-0.15, -0.1) is 0 Å². The van der Waals surface area contributed by atoms with Crippen molar-refractivity contribution in [3.63, 3.8) is 0 Å². The Morgan fingerprint density at radius 2 is 1.88 bits per heavy atom. The molecule has 3 rings (SSSR count). The summed E-state index contributed by atoms with van der Waals surface area (Å²) in [6, 6.07) is 14.0. The molecule has 0 spiro atoms. The van der Waals surface area contributed by atoms with Crippen LogP contribution in [0.2, 0.25) is 0 Å². The first-order valence-corrected chi connectivity index (χ1v) is 8.78. The third-order valence-corrected chi connectivity index (χ3v) is 4.19. The lowest BCUT2D eigenvalue weighted by Crippen LogP contribution is -2.17. The van der Waals surface area contributed by atoms with Crippen molar-refractivity contribution in [1.29, 1.82) is 0 Å². The van der Waals surface area contributed by atoms with Gasteiger partial charge in [-0.05, 0) is 44.0 Å². The van der Waals surface area contributed by atoms with Gasteiger partial charge in [-0.2, -0.15) is 0 Å². The van der Waals surface area contributed by atoms with Gasteiger partial charge < -0.3 is 20.2 Å². The second kappa shape index (κ2) is 8.03. The summed E-state index contributed by atoms with van der Waals surface area (Å²) in [6.07, 6.45) is 0.762. The number of H-pyrrole nitrogens is 1. The minimum atomic E-state index is 0.101. The highest BCUT2D eigenvalue weighted by atomic mass is 16.5. The molecule has 1 atom stereocenters. The van der Waals surface area contributed by atoms with Crippen LogP contribution < -0.4 is 15.2 Å². The highest BCUT2D eigenvalue weighted by Crippen LogP contribution is 2.30. The van der Waals surface area contributed by atoms with E-state index in [4.69, 9.17) is 20.2 Å². The number of para-hydroxylation sites is 2. The summed E-state index contributed by atoms with van der Waals surface area (Å²) in [5.74, 6) is 2.69. The lowest BCUT2D eigenvalue weighted by molar-refractivity contribution is 0.320. The van der Waals surface area contributed by atoms with Crippen molar-refractivity contribution < 1.29 is 9.47 Å². The lowest BCUT2D eigenvalue weighted by Gasteiger charge is -2.16. The van der Waals surface area contributed by atoms with E-state index in [1.165, 1.54) is 0 Å². The Bertz CT molecular complexity index is 796. The van der Waals surface area contributed by atoms with Gasteiger partial charge in [-0.1, -0.05) is 18.2 Å². The minimum Gasteiger partial charge on any atom is -0.494 e. The number of aromatic nitrogens is 2. The maximum atomic E-state index is 6.05. The largest absolute Gasteiger partial charge is 0.494 e. The van der Waals surface area contributed by atoms with Crippen molar-refractivity contribution in [2.75, 3.05) is 19.8 Å². The van der Waals surface area contributed by atoms with Gasteiger partial charge in [-0.3, -0.25) is 0 Å². The average molecular weight is 339 g/mol. The van der Waals surface area contributed by atoms with Gasteiger partial charge in [0.2, 0.25) is 0 Å². The number of nitrogens with zero attached hydrogens (tertiary/aromatic N) is 1. The average Bonchev–Trinajstić information content (AvgIpc) is 3.05. The van der Waals surface area contributed by atoms with Crippen LogP contribution in [0.25, 0.3) is 11.0 Å². The van der Waals surface area contributed by atoms with Crippen molar-refractivity contribution in [2.24, 2.45) is 5.73 Å². The van der Waals surface area contributed by atoms with Crippen LogP contribution in [-0.4, -0.2) is 29.7 Å². The molecule has 0 bridgehead atoms. The minimum absolute atomic E-state index is 0.101. The summed E-state index contributed by atoms with van der Waals surface area (Å²) in [5, 5.41) is 0. The Morgan fingerprint density at radius 3 is 2.60 bits per heavy atom. The smallest absolute Gasteiger partial charge is 0.126 e. The highest BCUT2D eigenvalue weighted by Gasteiger charge is 2.18. The van der Waals surface area contributed by atoms with Gasteiger partial charge >= 0.3 is 0 Å². The lowest BCUT2D eigenvalue weighted by atomic mass is 9.98. The molecule has 1 aromatic heterocycles. The monoisotopic (exact) mass is 339 g/mol. The van der Waals surface area contributed by atoms with Crippen molar-refractivity contribution in [3.05, 3.63) is 53.9 Å². The number of hydrogen-bond donors (Lipinski definition) is 2. The van der Waals surface area contributed by atoms with Crippen LogP contribution >= 0.6 is 0 Å². The van der Waals surface area contributed by atoms with Crippen molar-refractivity contribution in [3.8, 4) is 11.5 Å². The molecule has 132 valence electrons. The number of aromatic amines is 1. The number of nitrogens with two attached hydrogens (primary N) is 1. The Labute approximate surface area is 148 Å². The van der Waals surface area contributed by atoms with Gasteiger partial charge in [0.05, 0.1) is 24.2 Å². The molecule has 3 N–H and O–H groups in total. The SMILES string of the molecule is CCOc1ccc(CC(CN)c2nc3ccccc3[nH]2)c(OCC)c1. The highest BCUT2D eigenvalue weighted by molar-refractivity contribution is 5.74. The van der Waals surface area contributed by atoms with Gasteiger partial charge in [0.1, 0.15) is 17.3 Å². The molecular weight excluding hydrogens is 314 g/mol. The van der Waals surface area contributed by atoms with Gasteiger partial charge in [0.25, 0.3) is 0 Å². The fourth-order valence-corrected chi connectivity index (χ4v) is 2.97. The number of rotatable bonds is 8. The Hall–Kier alpha value is -2.53. The first-order chi connectivity index (χ1) is 12.2. The molecule has 0 aliphatic carbocycles. The molecule has 0 radical (unpaired) electrons. The van der Waals surface area contributed by atoms with Crippen LogP contribution in [-0.2, 0) is 6.42 Å². The van der Waals surface area contributed by atoms with E-state index in [0.717, 1.165) is 40.3 Å². The summed E-state index contributed by atoms with van der Waals surface area (Å²) in [7, 11) is 0. The van der Waals surface area contributed by atoms with E-state index in [-0.39, 0.29) is 5.92 Å². The third-order valence-electron chi connectivity index (χ3n) is 4.19. The van der Waals surface area contributed by atoms with Crippen LogP contribution in [0.5, 0.6) is 11.5 Å². The van der Waals surface area contributed by atoms with Crippen LogP contribution in [0, 0.1) is 0 Å². The predicted octanol–water partition coefficient (Wildman–Crippen LogP) is 3.65. The van der Waals surface area contributed by atoms with Crippen LogP contribution in [0.3, 0.4) is 0 Å². The van der Waals surface area contributed by atoms with Crippen molar-refractivity contribution >= 4 is 11.0 Å². The molecule has 0 saturated heterocycles. The second-order valence-electron chi connectivity index (χ2n) is 5.91. The molecule has 0 amide bonds. The zero-order chi connectivity index (χ0) is 17.6.